The zero-order valence-electron chi connectivity index (χ0n) is 16.3. The number of thiazole rings is 1. The van der Waals surface area contributed by atoms with Gasteiger partial charge in [0.15, 0.2) is 11.5 Å². The SMILES string of the molecule is CCc1ccc(C(C)NCc2csc(-c3ccc(OC)c(OC)c3)n2)cc1. The topological polar surface area (TPSA) is 43.4 Å². The molecule has 0 aliphatic heterocycles. The van der Waals surface area contributed by atoms with E-state index in [9.17, 15) is 0 Å². The Labute approximate surface area is 165 Å². The van der Waals surface area contributed by atoms with Crippen molar-refractivity contribution >= 4 is 11.3 Å². The van der Waals surface area contributed by atoms with E-state index in [2.05, 4.69) is 48.8 Å². The standard InChI is InChI=1S/C22H26N2O2S/c1-5-16-6-8-17(9-7-16)15(2)23-13-19-14-27-22(24-19)18-10-11-20(25-3)21(12-18)26-4/h6-12,14-15,23H,5,13H2,1-4H3. The molecule has 0 radical (unpaired) electrons. The highest BCUT2D eigenvalue weighted by Crippen LogP contribution is 2.33. The molecule has 27 heavy (non-hydrogen) atoms. The predicted molar refractivity (Wildman–Crippen MR) is 112 cm³/mol. The molecule has 1 unspecified atom stereocenters. The van der Waals surface area contributed by atoms with E-state index in [4.69, 9.17) is 14.5 Å². The largest absolute Gasteiger partial charge is 0.493 e. The van der Waals surface area contributed by atoms with Crippen LogP contribution >= 0.6 is 11.3 Å². The molecule has 0 aliphatic carbocycles. The van der Waals surface area contributed by atoms with E-state index in [-0.39, 0.29) is 6.04 Å². The normalized spacial score (nSPS) is 12.0. The second-order valence-corrected chi connectivity index (χ2v) is 7.27. The van der Waals surface area contributed by atoms with Crippen molar-refractivity contribution in [1.29, 1.82) is 0 Å². The molecule has 1 N–H and O–H groups in total. The molecule has 0 saturated heterocycles. The number of rotatable bonds is 8. The van der Waals surface area contributed by atoms with Gasteiger partial charge in [-0.25, -0.2) is 4.98 Å². The molecule has 0 amide bonds. The summed E-state index contributed by atoms with van der Waals surface area (Å²) < 4.78 is 10.7. The zero-order chi connectivity index (χ0) is 19.2. The molecule has 5 heteroatoms. The van der Waals surface area contributed by atoms with Crippen LogP contribution < -0.4 is 14.8 Å². The first-order valence-electron chi connectivity index (χ1n) is 9.13. The van der Waals surface area contributed by atoms with Gasteiger partial charge < -0.3 is 14.8 Å². The van der Waals surface area contributed by atoms with E-state index in [1.165, 1.54) is 11.1 Å². The summed E-state index contributed by atoms with van der Waals surface area (Å²) in [5.74, 6) is 1.44. The molecule has 1 heterocycles. The number of hydrogen-bond donors (Lipinski definition) is 1. The van der Waals surface area contributed by atoms with Crippen LogP contribution in [0.2, 0.25) is 0 Å². The lowest BCUT2D eigenvalue weighted by atomic mass is 10.1. The molecular formula is C22H26N2O2S. The first kappa shape index (κ1) is 19.4. The molecule has 0 aliphatic rings. The first-order valence-corrected chi connectivity index (χ1v) is 10.0. The second-order valence-electron chi connectivity index (χ2n) is 6.41. The van der Waals surface area contributed by atoms with E-state index in [0.29, 0.717) is 5.75 Å². The molecule has 0 bridgehead atoms. The van der Waals surface area contributed by atoms with Gasteiger partial charge >= 0.3 is 0 Å². The maximum atomic E-state index is 5.39. The van der Waals surface area contributed by atoms with E-state index < -0.39 is 0 Å². The van der Waals surface area contributed by atoms with Gasteiger partial charge in [0, 0.05) is 23.5 Å². The van der Waals surface area contributed by atoms with E-state index in [1.54, 1.807) is 25.6 Å². The van der Waals surface area contributed by atoms with E-state index in [0.717, 1.165) is 35.0 Å². The Bertz CT molecular complexity index is 874. The Kier molecular flexibility index (Phi) is 6.48. The summed E-state index contributed by atoms with van der Waals surface area (Å²) in [6, 6.07) is 15.0. The molecule has 0 spiro atoms. The van der Waals surface area contributed by atoms with Gasteiger partial charge in [-0.1, -0.05) is 31.2 Å². The fourth-order valence-electron chi connectivity index (χ4n) is 2.91. The lowest BCUT2D eigenvalue weighted by Crippen LogP contribution is -2.18. The third-order valence-electron chi connectivity index (χ3n) is 4.66. The number of nitrogens with one attached hydrogen (secondary N) is 1. The molecule has 4 nitrogen and oxygen atoms in total. The Morgan fingerprint density at radius 3 is 2.44 bits per heavy atom. The van der Waals surface area contributed by atoms with Gasteiger partial charge in [0.1, 0.15) is 5.01 Å². The van der Waals surface area contributed by atoms with Gasteiger partial charge in [-0.15, -0.1) is 11.3 Å². The number of hydrogen-bond acceptors (Lipinski definition) is 5. The van der Waals surface area contributed by atoms with Crippen molar-refractivity contribution in [1.82, 2.24) is 10.3 Å². The van der Waals surface area contributed by atoms with Crippen molar-refractivity contribution in [3.05, 3.63) is 64.7 Å². The van der Waals surface area contributed by atoms with Crippen LogP contribution in [0.25, 0.3) is 10.6 Å². The van der Waals surface area contributed by atoms with Crippen molar-refractivity contribution in [2.24, 2.45) is 0 Å². The first-order chi connectivity index (χ1) is 13.1. The average molecular weight is 383 g/mol. The molecule has 142 valence electrons. The molecule has 2 aromatic carbocycles. The fourth-order valence-corrected chi connectivity index (χ4v) is 3.72. The third kappa shape index (κ3) is 4.67. The predicted octanol–water partition coefficient (Wildman–Crippen LogP) is 5.24. The van der Waals surface area contributed by atoms with Crippen molar-refractivity contribution in [3.8, 4) is 22.1 Å². The Morgan fingerprint density at radius 1 is 1.04 bits per heavy atom. The highest BCUT2D eigenvalue weighted by Gasteiger charge is 2.11. The summed E-state index contributed by atoms with van der Waals surface area (Å²) in [4.78, 5) is 4.76. The summed E-state index contributed by atoms with van der Waals surface area (Å²) in [7, 11) is 3.29. The molecular weight excluding hydrogens is 356 g/mol. The van der Waals surface area contributed by atoms with Crippen molar-refractivity contribution in [2.45, 2.75) is 32.9 Å². The van der Waals surface area contributed by atoms with E-state index in [1.807, 2.05) is 18.2 Å². The molecule has 1 atom stereocenters. The summed E-state index contributed by atoms with van der Waals surface area (Å²) in [5.41, 5.74) is 4.74. The monoisotopic (exact) mass is 382 g/mol. The van der Waals surface area contributed by atoms with Crippen molar-refractivity contribution in [3.63, 3.8) is 0 Å². The van der Waals surface area contributed by atoms with Crippen molar-refractivity contribution < 1.29 is 9.47 Å². The minimum Gasteiger partial charge on any atom is -0.493 e. The lowest BCUT2D eigenvalue weighted by molar-refractivity contribution is 0.355. The molecule has 1 aromatic heterocycles. The summed E-state index contributed by atoms with van der Waals surface area (Å²) in [6.07, 6.45) is 1.07. The van der Waals surface area contributed by atoms with Gasteiger partial charge in [0.2, 0.25) is 0 Å². The highest BCUT2D eigenvalue weighted by atomic mass is 32.1. The zero-order valence-corrected chi connectivity index (χ0v) is 17.1. The van der Waals surface area contributed by atoms with Gasteiger partial charge in [-0.05, 0) is 42.7 Å². The van der Waals surface area contributed by atoms with Crippen LogP contribution in [0.1, 0.15) is 36.7 Å². The number of aryl methyl sites for hydroxylation is 1. The van der Waals surface area contributed by atoms with Gasteiger partial charge in [-0.2, -0.15) is 0 Å². The van der Waals surface area contributed by atoms with Crippen LogP contribution in [0, 0.1) is 0 Å². The number of benzene rings is 2. The van der Waals surface area contributed by atoms with Gasteiger partial charge in [0.25, 0.3) is 0 Å². The average Bonchev–Trinajstić information content (AvgIpc) is 3.20. The Hall–Kier alpha value is -2.37. The number of ether oxygens (including phenoxy) is 2. The Morgan fingerprint density at radius 2 is 1.78 bits per heavy atom. The van der Waals surface area contributed by atoms with Crippen LogP contribution in [0.15, 0.2) is 47.8 Å². The molecule has 0 saturated carbocycles. The third-order valence-corrected chi connectivity index (χ3v) is 5.60. The van der Waals surface area contributed by atoms with Gasteiger partial charge in [0.05, 0.1) is 19.9 Å². The Balaban J connectivity index is 1.65. The quantitative estimate of drug-likeness (QED) is 0.578. The lowest BCUT2D eigenvalue weighted by Gasteiger charge is -2.13. The highest BCUT2D eigenvalue weighted by molar-refractivity contribution is 7.13. The number of aromatic nitrogens is 1. The summed E-state index contributed by atoms with van der Waals surface area (Å²) in [5, 5.41) is 6.64. The number of methoxy groups -OCH3 is 2. The molecule has 3 aromatic rings. The number of nitrogens with zero attached hydrogens (tertiary/aromatic N) is 1. The van der Waals surface area contributed by atoms with Crippen LogP contribution in [-0.4, -0.2) is 19.2 Å². The molecule has 0 fully saturated rings. The smallest absolute Gasteiger partial charge is 0.161 e. The maximum Gasteiger partial charge on any atom is 0.161 e. The minimum absolute atomic E-state index is 0.280. The second kappa shape index (κ2) is 9.02. The maximum absolute atomic E-state index is 5.39. The van der Waals surface area contributed by atoms with Crippen LogP contribution in [-0.2, 0) is 13.0 Å². The fraction of sp³-hybridized carbons (Fsp3) is 0.318. The van der Waals surface area contributed by atoms with Crippen molar-refractivity contribution in [2.75, 3.05) is 14.2 Å². The minimum atomic E-state index is 0.280. The van der Waals surface area contributed by atoms with Gasteiger partial charge in [-0.3, -0.25) is 0 Å². The summed E-state index contributed by atoms with van der Waals surface area (Å²) in [6.45, 7) is 5.10. The van der Waals surface area contributed by atoms with Crippen LogP contribution in [0.4, 0.5) is 0 Å². The van der Waals surface area contributed by atoms with Crippen LogP contribution in [0.5, 0.6) is 11.5 Å². The van der Waals surface area contributed by atoms with E-state index >= 15 is 0 Å². The summed E-state index contributed by atoms with van der Waals surface area (Å²) >= 11 is 1.64. The molecule has 3 rings (SSSR count). The van der Waals surface area contributed by atoms with Crippen LogP contribution in [0.3, 0.4) is 0 Å².